The maximum absolute atomic E-state index is 12.7. The minimum Gasteiger partial charge on any atom is -0.497 e. The molecule has 1 fully saturated rings. The average molecular weight is 467 g/mol. The maximum Gasteiger partial charge on any atom is 0.253 e. The van der Waals surface area contributed by atoms with Crippen LogP contribution in [0.4, 0.5) is 5.69 Å². The van der Waals surface area contributed by atoms with E-state index in [4.69, 9.17) is 9.26 Å². The van der Waals surface area contributed by atoms with Crippen molar-refractivity contribution < 1.29 is 18.8 Å². The number of amides is 2. The molecule has 0 radical (unpaired) electrons. The van der Waals surface area contributed by atoms with Crippen LogP contribution in [0.1, 0.15) is 28.2 Å². The molecule has 172 valence electrons. The third-order valence-corrected chi connectivity index (χ3v) is 6.37. The summed E-state index contributed by atoms with van der Waals surface area (Å²) in [6.45, 7) is 3.44. The summed E-state index contributed by atoms with van der Waals surface area (Å²) in [5.41, 5.74) is 2.99. The largest absolute Gasteiger partial charge is 0.497 e. The van der Waals surface area contributed by atoms with E-state index in [1.54, 1.807) is 19.2 Å². The standard InChI is InChI=1S/C24H26N4O4S/c1-16-15-18(24(30)28-11-13-33-14-12-28)5-8-20(16)25-21(29)9-10-22-26-23(27-32-22)17-3-6-19(31-2)7-4-17/h3-8,15H,9-14H2,1-2H3,(H,25,29). The lowest BCUT2D eigenvalue weighted by Crippen LogP contribution is -2.37. The van der Waals surface area contributed by atoms with Crippen LogP contribution in [0.3, 0.4) is 0 Å². The van der Waals surface area contributed by atoms with E-state index >= 15 is 0 Å². The molecule has 1 aliphatic heterocycles. The van der Waals surface area contributed by atoms with E-state index < -0.39 is 0 Å². The van der Waals surface area contributed by atoms with E-state index in [9.17, 15) is 9.59 Å². The smallest absolute Gasteiger partial charge is 0.253 e. The molecule has 2 aromatic carbocycles. The summed E-state index contributed by atoms with van der Waals surface area (Å²) < 4.78 is 10.4. The molecule has 9 heteroatoms. The fourth-order valence-corrected chi connectivity index (χ4v) is 4.44. The fraction of sp³-hybridized carbons (Fsp3) is 0.333. The molecule has 0 spiro atoms. The Morgan fingerprint density at radius 1 is 1.15 bits per heavy atom. The van der Waals surface area contributed by atoms with Crippen LogP contribution in [0.5, 0.6) is 5.75 Å². The van der Waals surface area contributed by atoms with Gasteiger partial charge in [-0.2, -0.15) is 16.7 Å². The highest BCUT2D eigenvalue weighted by Crippen LogP contribution is 2.21. The highest BCUT2D eigenvalue weighted by molar-refractivity contribution is 7.99. The summed E-state index contributed by atoms with van der Waals surface area (Å²) in [5, 5.41) is 6.89. The number of nitrogens with zero attached hydrogens (tertiary/aromatic N) is 3. The van der Waals surface area contributed by atoms with Gasteiger partial charge in [0.05, 0.1) is 7.11 Å². The predicted octanol–water partition coefficient (Wildman–Crippen LogP) is 3.81. The number of anilines is 1. The Bertz CT molecular complexity index is 1120. The van der Waals surface area contributed by atoms with Crippen molar-refractivity contribution in [2.45, 2.75) is 19.8 Å². The quantitative estimate of drug-likeness (QED) is 0.565. The molecule has 0 unspecified atom stereocenters. The molecule has 2 amide bonds. The van der Waals surface area contributed by atoms with Gasteiger partial charge in [-0.25, -0.2) is 0 Å². The van der Waals surface area contributed by atoms with Crippen LogP contribution in [0.15, 0.2) is 47.0 Å². The number of rotatable bonds is 7. The Labute approximate surface area is 196 Å². The molecule has 1 saturated heterocycles. The number of carbonyl (C=O) groups is 2. The highest BCUT2D eigenvalue weighted by atomic mass is 32.2. The highest BCUT2D eigenvalue weighted by Gasteiger charge is 2.19. The van der Waals surface area contributed by atoms with Gasteiger partial charge in [0, 0.05) is 54.3 Å². The number of thioether (sulfide) groups is 1. The fourth-order valence-electron chi connectivity index (χ4n) is 3.53. The molecular weight excluding hydrogens is 440 g/mol. The topological polar surface area (TPSA) is 97.6 Å². The SMILES string of the molecule is COc1ccc(-c2noc(CCC(=O)Nc3ccc(C(=O)N4CCSCC4)cc3C)n2)cc1. The first-order valence-corrected chi connectivity index (χ1v) is 11.9. The van der Waals surface area contributed by atoms with Gasteiger partial charge < -0.3 is 19.5 Å². The van der Waals surface area contributed by atoms with E-state index in [0.717, 1.165) is 41.5 Å². The van der Waals surface area contributed by atoms with Crippen molar-refractivity contribution >= 4 is 29.3 Å². The molecule has 2 heterocycles. The molecule has 0 aliphatic carbocycles. The van der Waals surface area contributed by atoms with Gasteiger partial charge in [0.15, 0.2) is 0 Å². The molecule has 33 heavy (non-hydrogen) atoms. The average Bonchev–Trinajstić information content (AvgIpc) is 3.33. The predicted molar refractivity (Wildman–Crippen MR) is 128 cm³/mol. The van der Waals surface area contributed by atoms with Crippen molar-refractivity contribution in [3.8, 4) is 17.1 Å². The summed E-state index contributed by atoms with van der Waals surface area (Å²) in [4.78, 5) is 31.4. The molecule has 0 atom stereocenters. The van der Waals surface area contributed by atoms with Crippen LogP contribution in [0, 0.1) is 6.92 Å². The lowest BCUT2D eigenvalue weighted by molar-refractivity contribution is -0.116. The first kappa shape index (κ1) is 22.8. The minimum absolute atomic E-state index is 0.0420. The summed E-state index contributed by atoms with van der Waals surface area (Å²) in [6.07, 6.45) is 0.535. The van der Waals surface area contributed by atoms with Gasteiger partial charge >= 0.3 is 0 Å². The van der Waals surface area contributed by atoms with Gasteiger partial charge in [0.1, 0.15) is 5.75 Å². The van der Waals surface area contributed by atoms with Gasteiger partial charge in [-0.05, 0) is 55.0 Å². The van der Waals surface area contributed by atoms with Crippen LogP contribution in [-0.2, 0) is 11.2 Å². The van der Waals surface area contributed by atoms with Gasteiger partial charge in [0.25, 0.3) is 5.91 Å². The zero-order valence-corrected chi connectivity index (χ0v) is 19.5. The Kier molecular flexibility index (Phi) is 7.29. The van der Waals surface area contributed by atoms with E-state index in [0.29, 0.717) is 29.4 Å². The van der Waals surface area contributed by atoms with Gasteiger partial charge in [-0.15, -0.1) is 0 Å². The number of ether oxygens (including phenoxy) is 1. The second kappa shape index (κ2) is 10.5. The van der Waals surface area contributed by atoms with Gasteiger partial charge in [-0.3, -0.25) is 9.59 Å². The molecule has 0 saturated carbocycles. The van der Waals surface area contributed by atoms with Crippen molar-refractivity contribution in [3.05, 3.63) is 59.5 Å². The first-order chi connectivity index (χ1) is 16.0. The molecule has 3 aromatic rings. The summed E-state index contributed by atoms with van der Waals surface area (Å²) >= 11 is 1.87. The summed E-state index contributed by atoms with van der Waals surface area (Å²) in [5.74, 6) is 3.44. The molecule has 8 nitrogen and oxygen atoms in total. The van der Waals surface area contributed by atoms with Crippen LogP contribution in [0.25, 0.3) is 11.4 Å². The molecular formula is C24H26N4O4S. The van der Waals surface area contributed by atoms with Gasteiger partial charge in [0.2, 0.25) is 17.6 Å². The Morgan fingerprint density at radius 3 is 2.61 bits per heavy atom. The van der Waals surface area contributed by atoms with Crippen LogP contribution >= 0.6 is 11.8 Å². The number of hydrogen-bond donors (Lipinski definition) is 1. The van der Waals surface area contributed by atoms with Crippen molar-refractivity contribution in [1.29, 1.82) is 0 Å². The van der Waals surface area contributed by atoms with Gasteiger partial charge in [-0.1, -0.05) is 5.16 Å². The third kappa shape index (κ3) is 5.73. The van der Waals surface area contributed by atoms with E-state index in [1.165, 1.54) is 0 Å². The zero-order chi connectivity index (χ0) is 23.2. The number of aryl methyl sites for hydroxylation is 2. The molecule has 4 rings (SSSR count). The van der Waals surface area contributed by atoms with Crippen LogP contribution in [-0.4, -0.2) is 58.6 Å². The van der Waals surface area contributed by atoms with E-state index in [-0.39, 0.29) is 18.2 Å². The lowest BCUT2D eigenvalue weighted by Gasteiger charge is -2.26. The lowest BCUT2D eigenvalue weighted by atomic mass is 10.1. The Balaban J connectivity index is 1.31. The molecule has 1 aliphatic rings. The molecule has 1 aromatic heterocycles. The van der Waals surface area contributed by atoms with Crippen LogP contribution in [0.2, 0.25) is 0 Å². The molecule has 1 N–H and O–H groups in total. The second-order valence-corrected chi connectivity index (χ2v) is 8.95. The van der Waals surface area contributed by atoms with E-state index in [2.05, 4.69) is 15.5 Å². The molecule has 0 bridgehead atoms. The number of nitrogens with one attached hydrogen (secondary N) is 1. The Morgan fingerprint density at radius 2 is 1.91 bits per heavy atom. The monoisotopic (exact) mass is 466 g/mol. The van der Waals surface area contributed by atoms with Crippen molar-refractivity contribution in [3.63, 3.8) is 0 Å². The normalized spacial score (nSPS) is 13.6. The number of carbonyl (C=O) groups excluding carboxylic acids is 2. The van der Waals surface area contributed by atoms with Crippen molar-refractivity contribution in [2.24, 2.45) is 0 Å². The van der Waals surface area contributed by atoms with Crippen molar-refractivity contribution in [2.75, 3.05) is 37.0 Å². The van der Waals surface area contributed by atoms with Crippen molar-refractivity contribution in [1.82, 2.24) is 15.0 Å². The zero-order valence-electron chi connectivity index (χ0n) is 18.7. The summed E-state index contributed by atoms with van der Waals surface area (Å²) in [6, 6.07) is 12.7. The maximum atomic E-state index is 12.7. The van der Waals surface area contributed by atoms with Crippen LogP contribution < -0.4 is 10.1 Å². The number of benzene rings is 2. The second-order valence-electron chi connectivity index (χ2n) is 7.72. The number of hydrogen-bond acceptors (Lipinski definition) is 7. The minimum atomic E-state index is -0.158. The third-order valence-electron chi connectivity index (χ3n) is 5.43. The summed E-state index contributed by atoms with van der Waals surface area (Å²) in [7, 11) is 1.61. The van der Waals surface area contributed by atoms with E-state index in [1.807, 2.05) is 53.9 Å². The Hall–Kier alpha value is -3.33. The number of aromatic nitrogens is 2. The number of methoxy groups -OCH3 is 1. The first-order valence-electron chi connectivity index (χ1n) is 10.8.